The maximum absolute atomic E-state index is 11.4. The first-order valence-electron chi connectivity index (χ1n) is 6.42. The zero-order valence-electron chi connectivity index (χ0n) is 11.7. The van der Waals surface area contributed by atoms with Gasteiger partial charge in [-0.3, -0.25) is 4.79 Å². The van der Waals surface area contributed by atoms with E-state index in [1.807, 2.05) is 24.3 Å². The van der Waals surface area contributed by atoms with Crippen molar-refractivity contribution >= 4 is 5.91 Å². The lowest BCUT2D eigenvalue weighted by Gasteiger charge is -2.07. The van der Waals surface area contributed by atoms with Crippen molar-refractivity contribution in [3.05, 3.63) is 30.2 Å². The minimum Gasteiger partial charge on any atom is -0.496 e. The number of para-hydroxylation sites is 1. The number of aromatic nitrogens is 2. The van der Waals surface area contributed by atoms with Crippen molar-refractivity contribution in [3.63, 3.8) is 0 Å². The molecule has 1 atom stereocenters. The molecule has 6 nitrogen and oxygen atoms in total. The van der Waals surface area contributed by atoms with Gasteiger partial charge in [0.1, 0.15) is 11.8 Å². The van der Waals surface area contributed by atoms with Crippen LogP contribution in [0.25, 0.3) is 11.4 Å². The number of methoxy groups -OCH3 is 1. The number of carbonyl (C=O) groups excluding carboxylic acids is 1. The minimum atomic E-state index is -0.321. The molecule has 2 aromatic rings. The number of ether oxygens (including phenoxy) is 1. The topological polar surface area (TPSA) is 77.2 Å². The van der Waals surface area contributed by atoms with Crippen LogP contribution in [0.15, 0.2) is 28.8 Å². The zero-order valence-corrected chi connectivity index (χ0v) is 11.7. The lowest BCUT2D eigenvalue weighted by atomic mass is 10.2. The molecule has 20 heavy (non-hydrogen) atoms. The lowest BCUT2D eigenvalue weighted by Crippen LogP contribution is -2.25. The molecule has 106 valence electrons. The van der Waals surface area contributed by atoms with Crippen LogP contribution in [0.5, 0.6) is 5.75 Å². The maximum Gasteiger partial charge on any atom is 0.249 e. The van der Waals surface area contributed by atoms with E-state index in [-0.39, 0.29) is 11.9 Å². The Morgan fingerprint density at radius 1 is 1.45 bits per heavy atom. The average molecular weight is 275 g/mol. The van der Waals surface area contributed by atoms with Crippen LogP contribution in [-0.2, 0) is 4.79 Å². The Balaban J connectivity index is 2.22. The number of amides is 1. The second-order valence-electron chi connectivity index (χ2n) is 4.30. The van der Waals surface area contributed by atoms with Crippen LogP contribution in [0.4, 0.5) is 0 Å². The number of hydrogen-bond donors (Lipinski definition) is 1. The molecule has 1 unspecified atom stereocenters. The first-order valence-corrected chi connectivity index (χ1v) is 6.42. The summed E-state index contributed by atoms with van der Waals surface area (Å²) in [6, 6.07) is 7.10. The van der Waals surface area contributed by atoms with Crippen LogP contribution in [0.3, 0.4) is 0 Å². The van der Waals surface area contributed by atoms with Gasteiger partial charge in [0.25, 0.3) is 0 Å². The molecule has 0 bridgehead atoms. The van der Waals surface area contributed by atoms with E-state index >= 15 is 0 Å². The van der Waals surface area contributed by atoms with E-state index in [1.54, 1.807) is 21.0 Å². The molecular formula is C14H17N3O3. The molecule has 1 aromatic carbocycles. The smallest absolute Gasteiger partial charge is 0.249 e. The van der Waals surface area contributed by atoms with E-state index in [9.17, 15) is 4.79 Å². The molecular weight excluding hydrogens is 258 g/mol. The Kier molecular flexibility index (Phi) is 4.34. The zero-order chi connectivity index (χ0) is 14.5. The Labute approximate surface area is 117 Å². The SMILES string of the molecule is CCC(=O)NC(C)c1nc(-c2ccccc2OC)no1. The van der Waals surface area contributed by atoms with E-state index in [4.69, 9.17) is 9.26 Å². The molecule has 0 saturated carbocycles. The second-order valence-corrected chi connectivity index (χ2v) is 4.30. The Bertz CT molecular complexity index is 595. The molecule has 2 rings (SSSR count). The molecule has 0 radical (unpaired) electrons. The predicted molar refractivity (Wildman–Crippen MR) is 73.1 cm³/mol. The predicted octanol–water partition coefficient (Wildman–Crippen LogP) is 2.33. The summed E-state index contributed by atoms with van der Waals surface area (Å²) in [5.74, 6) is 1.42. The summed E-state index contributed by atoms with van der Waals surface area (Å²) in [6.07, 6.45) is 0.415. The molecule has 0 saturated heterocycles. The van der Waals surface area contributed by atoms with Crippen molar-refractivity contribution in [1.82, 2.24) is 15.5 Å². The van der Waals surface area contributed by atoms with E-state index in [2.05, 4.69) is 15.5 Å². The molecule has 1 amide bonds. The van der Waals surface area contributed by atoms with Gasteiger partial charge in [0.2, 0.25) is 17.6 Å². The van der Waals surface area contributed by atoms with Crippen LogP contribution < -0.4 is 10.1 Å². The normalized spacial score (nSPS) is 11.9. The summed E-state index contributed by atoms with van der Waals surface area (Å²) in [7, 11) is 1.59. The number of carbonyl (C=O) groups is 1. The first kappa shape index (κ1) is 14.0. The monoisotopic (exact) mass is 275 g/mol. The van der Waals surface area contributed by atoms with Gasteiger partial charge in [-0.1, -0.05) is 24.2 Å². The summed E-state index contributed by atoms with van der Waals surface area (Å²) in [5.41, 5.74) is 0.749. The van der Waals surface area contributed by atoms with E-state index in [1.165, 1.54) is 0 Å². The highest BCUT2D eigenvalue weighted by Crippen LogP contribution is 2.27. The van der Waals surface area contributed by atoms with E-state index in [0.717, 1.165) is 5.56 Å². The van der Waals surface area contributed by atoms with Crippen molar-refractivity contribution < 1.29 is 14.1 Å². The van der Waals surface area contributed by atoms with Gasteiger partial charge in [-0.25, -0.2) is 0 Å². The fourth-order valence-corrected chi connectivity index (χ4v) is 1.76. The van der Waals surface area contributed by atoms with Gasteiger partial charge >= 0.3 is 0 Å². The molecule has 1 aromatic heterocycles. The molecule has 0 aliphatic carbocycles. The summed E-state index contributed by atoms with van der Waals surface area (Å²) in [4.78, 5) is 15.7. The van der Waals surface area contributed by atoms with Gasteiger partial charge in [0, 0.05) is 6.42 Å². The van der Waals surface area contributed by atoms with E-state index in [0.29, 0.717) is 23.9 Å². The third kappa shape index (κ3) is 2.96. The molecule has 0 spiro atoms. The number of nitrogens with one attached hydrogen (secondary N) is 1. The molecule has 1 N–H and O–H groups in total. The van der Waals surface area contributed by atoms with Crippen molar-refractivity contribution in [1.29, 1.82) is 0 Å². The largest absolute Gasteiger partial charge is 0.496 e. The lowest BCUT2D eigenvalue weighted by molar-refractivity contribution is -0.121. The van der Waals surface area contributed by atoms with Gasteiger partial charge in [-0.05, 0) is 19.1 Å². The van der Waals surface area contributed by atoms with Crippen LogP contribution in [0.2, 0.25) is 0 Å². The second kappa shape index (κ2) is 6.18. The van der Waals surface area contributed by atoms with Crippen LogP contribution in [0.1, 0.15) is 32.2 Å². The van der Waals surface area contributed by atoms with Crippen molar-refractivity contribution in [2.45, 2.75) is 26.3 Å². The summed E-state index contributed by atoms with van der Waals surface area (Å²) in [6.45, 7) is 3.59. The van der Waals surface area contributed by atoms with Crippen LogP contribution in [0, 0.1) is 0 Å². The number of nitrogens with zero attached hydrogens (tertiary/aromatic N) is 2. The average Bonchev–Trinajstić information content (AvgIpc) is 2.96. The van der Waals surface area contributed by atoms with Gasteiger partial charge in [0.05, 0.1) is 12.7 Å². The quantitative estimate of drug-likeness (QED) is 0.906. The summed E-state index contributed by atoms with van der Waals surface area (Å²) < 4.78 is 10.5. The molecule has 0 aliphatic heterocycles. The molecule has 0 aliphatic rings. The van der Waals surface area contributed by atoms with Crippen LogP contribution in [-0.4, -0.2) is 23.2 Å². The molecule has 0 fully saturated rings. The van der Waals surface area contributed by atoms with Crippen molar-refractivity contribution in [3.8, 4) is 17.1 Å². The molecule has 6 heteroatoms. The third-order valence-electron chi connectivity index (χ3n) is 2.86. The third-order valence-corrected chi connectivity index (χ3v) is 2.86. The van der Waals surface area contributed by atoms with Gasteiger partial charge in [-0.15, -0.1) is 0 Å². The van der Waals surface area contributed by atoms with E-state index < -0.39 is 0 Å². The maximum atomic E-state index is 11.4. The standard InChI is InChI=1S/C14H17N3O3/c1-4-12(18)15-9(2)14-16-13(17-20-14)10-7-5-6-8-11(10)19-3/h5-9H,4H2,1-3H3,(H,15,18). The fraction of sp³-hybridized carbons (Fsp3) is 0.357. The highest BCUT2D eigenvalue weighted by Gasteiger charge is 2.18. The van der Waals surface area contributed by atoms with Crippen LogP contribution >= 0.6 is 0 Å². The minimum absolute atomic E-state index is 0.0606. The van der Waals surface area contributed by atoms with Gasteiger partial charge < -0.3 is 14.6 Å². The highest BCUT2D eigenvalue weighted by molar-refractivity contribution is 5.75. The van der Waals surface area contributed by atoms with Crippen molar-refractivity contribution in [2.75, 3.05) is 7.11 Å². The highest BCUT2D eigenvalue weighted by atomic mass is 16.5. The first-order chi connectivity index (χ1) is 9.65. The molecule has 1 heterocycles. The summed E-state index contributed by atoms with van der Waals surface area (Å²) in [5, 5.41) is 6.70. The summed E-state index contributed by atoms with van der Waals surface area (Å²) >= 11 is 0. The Morgan fingerprint density at radius 2 is 2.20 bits per heavy atom. The fourth-order valence-electron chi connectivity index (χ4n) is 1.76. The number of rotatable bonds is 5. The number of hydrogen-bond acceptors (Lipinski definition) is 5. The number of benzene rings is 1. The Hall–Kier alpha value is -2.37. The Morgan fingerprint density at radius 3 is 2.90 bits per heavy atom. The van der Waals surface area contributed by atoms with Gasteiger partial charge in [-0.2, -0.15) is 4.98 Å². The van der Waals surface area contributed by atoms with Gasteiger partial charge in [0.15, 0.2) is 0 Å². The van der Waals surface area contributed by atoms with Crippen molar-refractivity contribution in [2.24, 2.45) is 0 Å².